The Labute approximate surface area is 171 Å². The van der Waals surface area contributed by atoms with Crippen molar-refractivity contribution in [2.45, 2.75) is 44.4 Å². The number of aryl methyl sites for hydroxylation is 1. The van der Waals surface area contributed by atoms with Gasteiger partial charge in [0.2, 0.25) is 11.8 Å². The summed E-state index contributed by atoms with van der Waals surface area (Å²) in [5, 5.41) is 4.17. The fraction of sp³-hybridized carbons (Fsp3) is 0.591. The first-order valence-electron chi connectivity index (χ1n) is 10.5. The standard InChI is InChI=1S/C22H29N3O4/c1-27-19-5-2-16(3-6-19)4-7-21(26)25-11-8-17(15-25)14-20-23-22(29-24-20)18-9-12-28-13-10-18/h2-3,5-6,17-18H,4,7-15H2,1H3. The van der Waals surface area contributed by atoms with Crippen LogP contribution in [0.4, 0.5) is 0 Å². The minimum atomic E-state index is 0.222. The van der Waals surface area contributed by atoms with E-state index in [9.17, 15) is 4.79 Å². The maximum Gasteiger partial charge on any atom is 0.229 e. The normalized spacial score (nSPS) is 20.2. The first-order chi connectivity index (χ1) is 14.2. The molecule has 0 saturated carbocycles. The molecule has 156 valence electrons. The van der Waals surface area contributed by atoms with Crippen LogP contribution in [0.15, 0.2) is 28.8 Å². The second-order valence-corrected chi connectivity index (χ2v) is 7.98. The van der Waals surface area contributed by atoms with E-state index in [0.717, 1.165) is 81.4 Å². The van der Waals surface area contributed by atoms with Crippen LogP contribution in [0.2, 0.25) is 0 Å². The number of likely N-dealkylation sites (tertiary alicyclic amines) is 1. The molecule has 3 heterocycles. The van der Waals surface area contributed by atoms with E-state index in [1.165, 1.54) is 0 Å². The third-order valence-electron chi connectivity index (χ3n) is 5.95. The molecule has 2 aliphatic heterocycles. The first kappa shape index (κ1) is 19.9. The molecule has 1 aromatic carbocycles. The van der Waals surface area contributed by atoms with E-state index in [4.69, 9.17) is 14.0 Å². The first-order valence-corrected chi connectivity index (χ1v) is 10.5. The molecule has 2 saturated heterocycles. The average molecular weight is 399 g/mol. The van der Waals surface area contributed by atoms with Crippen molar-refractivity contribution in [3.63, 3.8) is 0 Å². The second kappa shape index (κ2) is 9.39. The Balaban J connectivity index is 1.23. The van der Waals surface area contributed by atoms with Gasteiger partial charge in [-0.25, -0.2) is 0 Å². The monoisotopic (exact) mass is 399 g/mol. The molecular weight excluding hydrogens is 370 g/mol. The molecule has 0 spiro atoms. The zero-order chi connectivity index (χ0) is 20.1. The summed E-state index contributed by atoms with van der Waals surface area (Å²) in [6.45, 7) is 3.12. The minimum absolute atomic E-state index is 0.222. The highest BCUT2D eigenvalue weighted by atomic mass is 16.5. The van der Waals surface area contributed by atoms with Crippen molar-refractivity contribution in [3.8, 4) is 5.75 Å². The number of hydrogen-bond donors (Lipinski definition) is 0. The Morgan fingerprint density at radius 3 is 2.76 bits per heavy atom. The highest BCUT2D eigenvalue weighted by Gasteiger charge is 2.28. The summed E-state index contributed by atoms with van der Waals surface area (Å²) in [5.74, 6) is 3.30. The van der Waals surface area contributed by atoms with Gasteiger partial charge in [0, 0.05) is 45.1 Å². The number of methoxy groups -OCH3 is 1. The third-order valence-corrected chi connectivity index (χ3v) is 5.95. The molecule has 0 N–H and O–H groups in total. The number of ether oxygens (including phenoxy) is 2. The summed E-state index contributed by atoms with van der Waals surface area (Å²) < 4.78 is 16.1. The van der Waals surface area contributed by atoms with E-state index < -0.39 is 0 Å². The number of benzene rings is 1. The fourth-order valence-electron chi connectivity index (χ4n) is 4.15. The van der Waals surface area contributed by atoms with Gasteiger partial charge in [-0.2, -0.15) is 4.98 Å². The quantitative estimate of drug-likeness (QED) is 0.712. The smallest absolute Gasteiger partial charge is 0.229 e. The lowest BCUT2D eigenvalue weighted by molar-refractivity contribution is -0.130. The maximum atomic E-state index is 12.6. The van der Waals surface area contributed by atoms with Crippen molar-refractivity contribution in [2.24, 2.45) is 5.92 Å². The largest absolute Gasteiger partial charge is 0.497 e. The predicted octanol–water partition coefficient (Wildman–Crippen LogP) is 3.00. The van der Waals surface area contributed by atoms with Crippen molar-refractivity contribution in [1.29, 1.82) is 0 Å². The molecule has 2 aliphatic rings. The van der Waals surface area contributed by atoms with Crippen LogP contribution in [-0.4, -0.2) is 54.4 Å². The number of carbonyl (C=O) groups excluding carboxylic acids is 1. The van der Waals surface area contributed by atoms with Crippen molar-refractivity contribution in [1.82, 2.24) is 15.0 Å². The number of amides is 1. The number of rotatable bonds is 7. The van der Waals surface area contributed by atoms with Crippen LogP contribution >= 0.6 is 0 Å². The van der Waals surface area contributed by atoms with Gasteiger partial charge in [-0.15, -0.1) is 0 Å². The Morgan fingerprint density at radius 1 is 1.21 bits per heavy atom. The lowest BCUT2D eigenvalue weighted by Gasteiger charge is -2.18. The van der Waals surface area contributed by atoms with Gasteiger partial charge in [0.05, 0.1) is 7.11 Å². The lowest BCUT2D eigenvalue weighted by Crippen LogP contribution is -2.29. The molecule has 7 heteroatoms. The minimum Gasteiger partial charge on any atom is -0.497 e. The summed E-state index contributed by atoms with van der Waals surface area (Å²) in [6, 6.07) is 7.91. The van der Waals surface area contributed by atoms with Gasteiger partial charge in [0.1, 0.15) is 5.75 Å². The Morgan fingerprint density at radius 2 is 2.00 bits per heavy atom. The molecular formula is C22H29N3O4. The fourth-order valence-corrected chi connectivity index (χ4v) is 4.15. The van der Waals surface area contributed by atoms with E-state index in [2.05, 4.69) is 10.1 Å². The molecule has 0 bridgehead atoms. The zero-order valence-corrected chi connectivity index (χ0v) is 17.0. The number of hydrogen-bond acceptors (Lipinski definition) is 6. The van der Waals surface area contributed by atoms with Gasteiger partial charge >= 0.3 is 0 Å². The Kier molecular flexibility index (Phi) is 6.44. The van der Waals surface area contributed by atoms with Crippen LogP contribution in [0.25, 0.3) is 0 Å². The summed E-state index contributed by atoms with van der Waals surface area (Å²) in [7, 11) is 1.66. The molecule has 0 aliphatic carbocycles. The molecule has 29 heavy (non-hydrogen) atoms. The topological polar surface area (TPSA) is 77.7 Å². The second-order valence-electron chi connectivity index (χ2n) is 7.98. The molecule has 2 aromatic rings. The summed E-state index contributed by atoms with van der Waals surface area (Å²) in [5.41, 5.74) is 1.15. The van der Waals surface area contributed by atoms with Crippen molar-refractivity contribution in [3.05, 3.63) is 41.5 Å². The summed E-state index contributed by atoms with van der Waals surface area (Å²) in [4.78, 5) is 19.2. The van der Waals surface area contributed by atoms with Crippen molar-refractivity contribution in [2.75, 3.05) is 33.4 Å². The van der Waals surface area contributed by atoms with Crippen LogP contribution in [0.1, 0.15) is 48.9 Å². The SMILES string of the molecule is COc1ccc(CCC(=O)N2CCC(Cc3noc(C4CCOCC4)n3)C2)cc1. The van der Waals surface area contributed by atoms with Gasteiger partial charge in [0.15, 0.2) is 5.82 Å². The predicted molar refractivity (Wildman–Crippen MR) is 107 cm³/mol. The zero-order valence-electron chi connectivity index (χ0n) is 17.0. The van der Waals surface area contributed by atoms with E-state index >= 15 is 0 Å². The van der Waals surface area contributed by atoms with Gasteiger partial charge in [-0.3, -0.25) is 4.79 Å². The van der Waals surface area contributed by atoms with Gasteiger partial charge < -0.3 is 18.9 Å². The van der Waals surface area contributed by atoms with Crippen molar-refractivity contribution < 1.29 is 18.8 Å². The molecule has 1 amide bonds. The molecule has 1 unspecified atom stereocenters. The Hall–Kier alpha value is -2.41. The van der Waals surface area contributed by atoms with E-state index in [-0.39, 0.29) is 5.91 Å². The maximum absolute atomic E-state index is 12.6. The van der Waals surface area contributed by atoms with Crippen molar-refractivity contribution >= 4 is 5.91 Å². The van der Waals surface area contributed by atoms with Crippen LogP contribution in [0, 0.1) is 5.92 Å². The third kappa shape index (κ3) is 5.15. The number of nitrogens with zero attached hydrogens (tertiary/aromatic N) is 3. The molecule has 1 atom stereocenters. The average Bonchev–Trinajstić information content (AvgIpc) is 3.43. The molecule has 4 rings (SSSR count). The van der Waals surface area contributed by atoms with Crippen LogP contribution in [0.3, 0.4) is 0 Å². The molecule has 0 radical (unpaired) electrons. The number of aromatic nitrogens is 2. The Bertz CT molecular complexity index is 799. The lowest BCUT2D eigenvalue weighted by atomic mass is 10.0. The number of carbonyl (C=O) groups is 1. The molecule has 1 aromatic heterocycles. The van der Waals surface area contributed by atoms with E-state index in [1.54, 1.807) is 7.11 Å². The van der Waals surface area contributed by atoms with Crippen LogP contribution in [-0.2, 0) is 22.4 Å². The summed E-state index contributed by atoms with van der Waals surface area (Å²) >= 11 is 0. The summed E-state index contributed by atoms with van der Waals surface area (Å²) in [6.07, 6.45) is 4.95. The van der Waals surface area contributed by atoms with E-state index in [1.807, 2.05) is 29.2 Å². The van der Waals surface area contributed by atoms with E-state index in [0.29, 0.717) is 18.3 Å². The van der Waals surface area contributed by atoms with Gasteiger partial charge in [0.25, 0.3) is 0 Å². The molecule has 2 fully saturated rings. The highest BCUT2D eigenvalue weighted by Crippen LogP contribution is 2.27. The van der Waals surface area contributed by atoms with Crippen LogP contribution < -0.4 is 4.74 Å². The molecule has 7 nitrogen and oxygen atoms in total. The van der Waals surface area contributed by atoms with Gasteiger partial charge in [-0.1, -0.05) is 17.3 Å². The van der Waals surface area contributed by atoms with Gasteiger partial charge in [-0.05, 0) is 49.3 Å². The highest BCUT2D eigenvalue weighted by molar-refractivity contribution is 5.76. The van der Waals surface area contributed by atoms with Crippen LogP contribution in [0.5, 0.6) is 5.75 Å².